The van der Waals surface area contributed by atoms with Gasteiger partial charge in [0.2, 0.25) is 0 Å². The maximum absolute atomic E-state index is 10.1. The molecule has 4 nitrogen and oxygen atoms in total. The largest absolute Gasteiger partial charge is 0.465 e. The first-order valence-corrected chi connectivity index (χ1v) is 3.36. The number of hydrogen-bond acceptors (Lipinski definition) is 2. The Morgan fingerprint density at radius 2 is 2.20 bits per heavy atom. The average molecular weight is 145 g/mol. The Hall–Kier alpha value is -0.770. The van der Waals surface area contributed by atoms with Gasteiger partial charge in [0.1, 0.15) is 0 Å². The summed E-state index contributed by atoms with van der Waals surface area (Å²) in [7, 11) is 0. The topological polar surface area (TPSA) is 69.6 Å². The molecule has 0 heterocycles. The molecule has 2 atom stereocenters. The van der Waals surface area contributed by atoms with Crippen LogP contribution in [0.4, 0.5) is 4.79 Å². The molecular formula is C6H11NO3. The molecule has 0 aromatic rings. The molecule has 0 spiro atoms. The number of amides is 1. The zero-order valence-electron chi connectivity index (χ0n) is 5.58. The van der Waals surface area contributed by atoms with E-state index in [2.05, 4.69) is 5.32 Å². The highest BCUT2D eigenvalue weighted by Crippen LogP contribution is 2.18. The normalized spacial score (nSPS) is 32.1. The second-order valence-corrected chi connectivity index (χ2v) is 2.61. The molecule has 1 aliphatic rings. The summed E-state index contributed by atoms with van der Waals surface area (Å²) in [5.74, 6) is 0. The highest BCUT2D eigenvalue weighted by molar-refractivity contribution is 5.64. The molecule has 4 heteroatoms. The summed E-state index contributed by atoms with van der Waals surface area (Å²) in [4.78, 5) is 10.1. The van der Waals surface area contributed by atoms with Gasteiger partial charge >= 0.3 is 6.09 Å². The van der Waals surface area contributed by atoms with Crippen molar-refractivity contribution in [3.8, 4) is 0 Å². The first-order chi connectivity index (χ1) is 4.68. The minimum Gasteiger partial charge on any atom is -0.465 e. The van der Waals surface area contributed by atoms with Crippen LogP contribution in [0.25, 0.3) is 0 Å². The molecule has 1 aliphatic carbocycles. The lowest BCUT2D eigenvalue weighted by Gasteiger charge is -2.07. The molecule has 0 saturated heterocycles. The van der Waals surface area contributed by atoms with E-state index in [0.29, 0.717) is 12.8 Å². The van der Waals surface area contributed by atoms with E-state index < -0.39 is 6.09 Å². The first kappa shape index (κ1) is 7.34. The van der Waals surface area contributed by atoms with Gasteiger partial charge in [-0.1, -0.05) is 0 Å². The van der Waals surface area contributed by atoms with Gasteiger partial charge in [-0.25, -0.2) is 4.79 Å². The second-order valence-electron chi connectivity index (χ2n) is 2.61. The SMILES string of the molecule is O=C(O)N[C@@H]1CC[C@@H](O)C1. The molecular weight excluding hydrogens is 134 g/mol. The zero-order chi connectivity index (χ0) is 7.56. The fourth-order valence-electron chi connectivity index (χ4n) is 1.26. The van der Waals surface area contributed by atoms with E-state index in [-0.39, 0.29) is 12.1 Å². The summed E-state index contributed by atoms with van der Waals surface area (Å²) in [6, 6.07) is -0.0347. The van der Waals surface area contributed by atoms with Gasteiger partial charge in [-0.05, 0) is 19.3 Å². The van der Waals surface area contributed by atoms with Crippen molar-refractivity contribution < 1.29 is 15.0 Å². The van der Waals surface area contributed by atoms with Crippen LogP contribution >= 0.6 is 0 Å². The van der Waals surface area contributed by atoms with Crippen LogP contribution in [0.1, 0.15) is 19.3 Å². The fourth-order valence-corrected chi connectivity index (χ4v) is 1.26. The summed E-state index contributed by atoms with van der Waals surface area (Å²) in [5.41, 5.74) is 0. The van der Waals surface area contributed by atoms with Crippen LogP contribution in [0.5, 0.6) is 0 Å². The van der Waals surface area contributed by atoms with E-state index in [4.69, 9.17) is 10.2 Å². The van der Waals surface area contributed by atoms with Crippen LogP contribution in [-0.2, 0) is 0 Å². The number of carboxylic acid groups (broad SMARTS) is 1. The molecule has 0 bridgehead atoms. The summed E-state index contributed by atoms with van der Waals surface area (Å²) < 4.78 is 0. The van der Waals surface area contributed by atoms with Crippen LogP contribution in [0.2, 0.25) is 0 Å². The second kappa shape index (κ2) is 2.88. The minimum atomic E-state index is -1.00. The summed E-state index contributed by atoms with van der Waals surface area (Å²) in [6.07, 6.45) is 0.723. The van der Waals surface area contributed by atoms with Crippen molar-refractivity contribution in [3.05, 3.63) is 0 Å². The van der Waals surface area contributed by atoms with Gasteiger partial charge in [-0.15, -0.1) is 0 Å². The summed E-state index contributed by atoms with van der Waals surface area (Å²) >= 11 is 0. The molecule has 0 aromatic carbocycles. The van der Waals surface area contributed by atoms with Gasteiger partial charge in [-0.2, -0.15) is 0 Å². The van der Waals surface area contributed by atoms with E-state index >= 15 is 0 Å². The van der Waals surface area contributed by atoms with Gasteiger partial charge in [0, 0.05) is 6.04 Å². The highest BCUT2D eigenvalue weighted by Gasteiger charge is 2.23. The number of aliphatic hydroxyl groups is 1. The van der Waals surface area contributed by atoms with E-state index in [0.717, 1.165) is 6.42 Å². The van der Waals surface area contributed by atoms with Crippen LogP contribution in [0, 0.1) is 0 Å². The zero-order valence-corrected chi connectivity index (χ0v) is 5.58. The van der Waals surface area contributed by atoms with E-state index in [1.54, 1.807) is 0 Å². The maximum Gasteiger partial charge on any atom is 0.404 e. The van der Waals surface area contributed by atoms with Gasteiger partial charge in [0.05, 0.1) is 6.10 Å². The van der Waals surface area contributed by atoms with Gasteiger partial charge < -0.3 is 15.5 Å². The van der Waals surface area contributed by atoms with Crippen molar-refractivity contribution in [1.29, 1.82) is 0 Å². The lowest BCUT2D eigenvalue weighted by atomic mass is 10.2. The summed E-state index contributed by atoms with van der Waals surface area (Å²) in [6.45, 7) is 0. The smallest absolute Gasteiger partial charge is 0.404 e. The lowest BCUT2D eigenvalue weighted by molar-refractivity contribution is 0.174. The Labute approximate surface area is 58.9 Å². The molecule has 58 valence electrons. The van der Waals surface area contributed by atoms with Crippen molar-refractivity contribution in [3.63, 3.8) is 0 Å². The predicted molar refractivity (Wildman–Crippen MR) is 34.8 cm³/mol. The van der Waals surface area contributed by atoms with Gasteiger partial charge in [0.15, 0.2) is 0 Å². The Morgan fingerprint density at radius 3 is 2.60 bits per heavy atom. The third-order valence-electron chi connectivity index (χ3n) is 1.73. The molecule has 1 fully saturated rings. The van der Waals surface area contributed by atoms with Crippen molar-refractivity contribution in [1.82, 2.24) is 5.32 Å². The third kappa shape index (κ3) is 1.88. The number of carbonyl (C=O) groups is 1. The van der Waals surface area contributed by atoms with Gasteiger partial charge in [-0.3, -0.25) is 0 Å². The van der Waals surface area contributed by atoms with E-state index in [1.165, 1.54) is 0 Å². The Kier molecular flexibility index (Phi) is 2.11. The number of aliphatic hydroxyl groups excluding tert-OH is 1. The molecule has 0 unspecified atom stereocenters. The van der Waals surface area contributed by atoms with Crippen LogP contribution in [-0.4, -0.2) is 28.5 Å². The molecule has 1 rings (SSSR count). The Balaban J connectivity index is 2.24. The van der Waals surface area contributed by atoms with Crippen molar-refractivity contribution in [2.45, 2.75) is 31.4 Å². The molecule has 10 heavy (non-hydrogen) atoms. The fraction of sp³-hybridized carbons (Fsp3) is 0.833. The van der Waals surface area contributed by atoms with Crippen molar-refractivity contribution in [2.75, 3.05) is 0 Å². The third-order valence-corrected chi connectivity index (χ3v) is 1.73. The highest BCUT2D eigenvalue weighted by atomic mass is 16.4. The van der Waals surface area contributed by atoms with Crippen molar-refractivity contribution >= 4 is 6.09 Å². The number of nitrogens with one attached hydrogen (secondary N) is 1. The number of hydrogen-bond donors (Lipinski definition) is 3. The van der Waals surface area contributed by atoms with Gasteiger partial charge in [0.25, 0.3) is 0 Å². The quantitative estimate of drug-likeness (QED) is 0.492. The number of rotatable bonds is 1. The lowest BCUT2D eigenvalue weighted by Crippen LogP contribution is -2.31. The van der Waals surface area contributed by atoms with Crippen LogP contribution in [0.3, 0.4) is 0 Å². The molecule has 3 N–H and O–H groups in total. The Morgan fingerprint density at radius 1 is 1.50 bits per heavy atom. The standard InChI is InChI=1S/C6H11NO3/c8-5-2-1-4(3-5)7-6(9)10/h4-5,7-8H,1-3H2,(H,9,10)/t4-,5-/m1/s1. The van der Waals surface area contributed by atoms with Crippen LogP contribution < -0.4 is 5.32 Å². The van der Waals surface area contributed by atoms with E-state index in [1.807, 2.05) is 0 Å². The predicted octanol–water partition coefficient (Wildman–Crippen LogP) is 0.167. The Bertz CT molecular complexity index is 137. The molecule has 0 aliphatic heterocycles. The minimum absolute atomic E-state index is 0.0347. The molecule has 0 radical (unpaired) electrons. The van der Waals surface area contributed by atoms with Crippen LogP contribution in [0.15, 0.2) is 0 Å². The van der Waals surface area contributed by atoms with Crippen molar-refractivity contribution in [2.24, 2.45) is 0 Å². The average Bonchev–Trinajstić information content (AvgIpc) is 2.13. The molecule has 1 amide bonds. The summed E-state index contributed by atoms with van der Waals surface area (Å²) in [5, 5.41) is 19.6. The van der Waals surface area contributed by atoms with E-state index in [9.17, 15) is 4.79 Å². The first-order valence-electron chi connectivity index (χ1n) is 3.36. The maximum atomic E-state index is 10.1. The molecule has 0 aromatic heterocycles. The monoisotopic (exact) mass is 145 g/mol. The molecule has 1 saturated carbocycles.